The lowest BCUT2D eigenvalue weighted by atomic mass is 9.45. The van der Waals surface area contributed by atoms with Crippen molar-refractivity contribution in [3.63, 3.8) is 0 Å². The van der Waals surface area contributed by atoms with Gasteiger partial charge in [-0.2, -0.15) is 0 Å². The van der Waals surface area contributed by atoms with Crippen LogP contribution in [-0.4, -0.2) is 27.1 Å². The first kappa shape index (κ1) is 18.4. The Hall–Kier alpha value is 0.0700. The molecule has 6 heteroatoms. The summed E-state index contributed by atoms with van der Waals surface area (Å²) < 4.78 is 16.6. The molecule has 0 aliphatic heterocycles. The summed E-state index contributed by atoms with van der Waals surface area (Å²) >= 11 is 0. The van der Waals surface area contributed by atoms with Crippen LogP contribution in [0.5, 0.6) is 0 Å². The summed E-state index contributed by atoms with van der Waals surface area (Å²) in [5.41, 5.74) is 0.241. The van der Waals surface area contributed by atoms with E-state index in [2.05, 4.69) is 13.8 Å². The Labute approximate surface area is 150 Å². The van der Waals surface area contributed by atoms with E-state index in [1.54, 1.807) is 0 Å². The zero-order valence-corrected chi connectivity index (χ0v) is 16.3. The van der Waals surface area contributed by atoms with E-state index in [-0.39, 0.29) is 17.6 Å². The topological polar surface area (TPSA) is 87.0 Å². The summed E-state index contributed by atoms with van der Waals surface area (Å²) in [5.74, 6) is 2.52. The lowest BCUT2D eigenvalue weighted by Crippen LogP contribution is -2.54. The van der Waals surface area contributed by atoms with E-state index in [0.29, 0.717) is 29.1 Å². The standard InChI is InChI=1S/C19H33O5P/c1-18-9-7-13(20)11-12(18)3-4-14-15-5-6-17(24-25(21,22)23)19(15,2)10-8-16(14)18/h12-17,20H,3-11H2,1-2H3,(H2,21,22,23)/t12-,13+,14+,15-,16+,17-,18+,19+/m1/s1. The summed E-state index contributed by atoms with van der Waals surface area (Å²) in [6.07, 6.45) is 8.97. The molecular formula is C19H33O5P. The van der Waals surface area contributed by atoms with E-state index < -0.39 is 7.82 Å². The molecule has 0 aromatic carbocycles. The second-order valence-corrected chi connectivity index (χ2v) is 11.0. The number of aliphatic hydroxyl groups is 1. The van der Waals surface area contributed by atoms with Crippen molar-refractivity contribution >= 4 is 7.82 Å². The summed E-state index contributed by atoms with van der Waals surface area (Å²) in [4.78, 5) is 18.6. The molecule has 4 rings (SSSR count). The van der Waals surface area contributed by atoms with Crippen LogP contribution in [0.1, 0.15) is 71.6 Å². The maximum Gasteiger partial charge on any atom is 0.469 e. The van der Waals surface area contributed by atoms with Crippen LogP contribution in [0.15, 0.2) is 0 Å². The van der Waals surface area contributed by atoms with E-state index in [4.69, 9.17) is 4.52 Å². The zero-order valence-electron chi connectivity index (χ0n) is 15.4. The number of phosphoric acid groups is 1. The summed E-state index contributed by atoms with van der Waals surface area (Å²) in [5, 5.41) is 10.1. The second kappa shape index (κ2) is 6.04. The van der Waals surface area contributed by atoms with Gasteiger partial charge in [0.25, 0.3) is 0 Å². The molecule has 25 heavy (non-hydrogen) atoms. The molecule has 0 saturated heterocycles. The van der Waals surface area contributed by atoms with Gasteiger partial charge >= 0.3 is 7.82 Å². The van der Waals surface area contributed by atoms with E-state index in [0.717, 1.165) is 44.9 Å². The molecule has 4 saturated carbocycles. The van der Waals surface area contributed by atoms with E-state index in [1.165, 1.54) is 12.8 Å². The summed E-state index contributed by atoms with van der Waals surface area (Å²) in [7, 11) is -4.43. The van der Waals surface area contributed by atoms with Gasteiger partial charge in [0.1, 0.15) is 0 Å². The third-order valence-electron chi connectivity index (χ3n) is 8.82. The first-order chi connectivity index (χ1) is 11.6. The molecule has 0 aromatic heterocycles. The molecule has 0 spiro atoms. The number of aliphatic hydroxyl groups excluding tert-OH is 1. The molecule has 0 aromatic rings. The molecule has 8 atom stereocenters. The van der Waals surface area contributed by atoms with Gasteiger partial charge in [0, 0.05) is 0 Å². The Balaban J connectivity index is 1.57. The number of fused-ring (bicyclic) bond motifs is 5. The van der Waals surface area contributed by atoms with Gasteiger partial charge in [-0.25, -0.2) is 4.57 Å². The van der Waals surface area contributed by atoms with Crippen LogP contribution in [0.3, 0.4) is 0 Å². The third-order valence-corrected chi connectivity index (χ3v) is 9.34. The van der Waals surface area contributed by atoms with Crippen LogP contribution < -0.4 is 0 Å². The Morgan fingerprint density at radius 1 is 0.920 bits per heavy atom. The molecule has 5 nitrogen and oxygen atoms in total. The summed E-state index contributed by atoms with van der Waals surface area (Å²) in [6.45, 7) is 4.67. The van der Waals surface area contributed by atoms with Crippen molar-refractivity contribution in [2.24, 2.45) is 34.5 Å². The van der Waals surface area contributed by atoms with Crippen molar-refractivity contribution in [2.75, 3.05) is 0 Å². The predicted octanol–water partition coefficient (Wildman–Crippen LogP) is 3.87. The van der Waals surface area contributed by atoms with E-state index >= 15 is 0 Å². The molecule has 144 valence electrons. The van der Waals surface area contributed by atoms with Crippen molar-refractivity contribution in [1.29, 1.82) is 0 Å². The largest absolute Gasteiger partial charge is 0.469 e. The van der Waals surface area contributed by atoms with Gasteiger partial charge in [-0.1, -0.05) is 13.8 Å². The summed E-state index contributed by atoms with van der Waals surface area (Å²) in [6, 6.07) is 0. The van der Waals surface area contributed by atoms with Crippen molar-refractivity contribution in [3.05, 3.63) is 0 Å². The van der Waals surface area contributed by atoms with Gasteiger partial charge < -0.3 is 14.9 Å². The Bertz CT molecular complexity index is 576. The quantitative estimate of drug-likeness (QED) is 0.641. The Morgan fingerprint density at radius 2 is 1.60 bits per heavy atom. The number of hydrogen-bond acceptors (Lipinski definition) is 3. The average Bonchev–Trinajstić information content (AvgIpc) is 2.83. The molecule has 4 aliphatic carbocycles. The maximum absolute atomic E-state index is 11.4. The first-order valence-electron chi connectivity index (χ1n) is 10.1. The first-order valence-corrected chi connectivity index (χ1v) is 11.6. The molecule has 4 aliphatic rings. The highest BCUT2D eigenvalue weighted by molar-refractivity contribution is 7.46. The molecular weight excluding hydrogens is 339 g/mol. The third kappa shape index (κ3) is 2.95. The number of rotatable bonds is 2. The molecule has 0 radical (unpaired) electrons. The molecule has 0 heterocycles. The number of hydrogen-bond donors (Lipinski definition) is 3. The van der Waals surface area contributed by atoms with Crippen LogP contribution in [0.2, 0.25) is 0 Å². The smallest absolute Gasteiger partial charge is 0.393 e. The molecule has 0 amide bonds. The molecule has 4 fully saturated rings. The van der Waals surface area contributed by atoms with Gasteiger partial charge in [-0.15, -0.1) is 0 Å². The van der Waals surface area contributed by atoms with Gasteiger partial charge in [0.15, 0.2) is 0 Å². The minimum Gasteiger partial charge on any atom is -0.393 e. The zero-order chi connectivity index (χ0) is 18.0. The monoisotopic (exact) mass is 372 g/mol. The highest BCUT2D eigenvalue weighted by Gasteiger charge is 2.61. The fourth-order valence-electron chi connectivity index (χ4n) is 7.53. The highest BCUT2D eigenvalue weighted by atomic mass is 31.2. The lowest BCUT2D eigenvalue weighted by molar-refractivity contribution is -0.132. The van der Waals surface area contributed by atoms with E-state index in [1.807, 2.05) is 0 Å². The van der Waals surface area contributed by atoms with Gasteiger partial charge in [0.05, 0.1) is 12.2 Å². The highest BCUT2D eigenvalue weighted by Crippen LogP contribution is 2.67. The van der Waals surface area contributed by atoms with Crippen LogP contribution in [0.4, 0.5) is 0 Å². The predicted molar refractivity (Wildman–Crippen MR) is 94.7 cm³/mol. The van der Waals surface area contributed by atoms with Gasteiger partial charge in [-0.3, -0.25) is 4.52 Å². The second-order valence-electron chi connectivity index (χ2n) is 9.79. The number of phosphoric ester groups is 1. The normalized spacial score (nSPS) is 53.0. The molecule has 3 N–H and O–H groups in total. The molecule has 0 bridgehead atoms. The minimum absolute atomic E-state index is 0.0976. The SMILES string of the molecule is C[C@]12CC[C@H]3[C@@H](CC[C@@H]4C[C@@H](O)CC[C@@]43C)[C@H]1CC[C@H]2OP(=O)(O)O. The van der Waals surface area contributed by atoms with Crippen molar-refractivity contribution < 1.29 is 24.0 Å². The maximum atomic E-state index is 11.4. The average molecular weight is 372 g/mol. The Morgan fingerprint density at radius 3 is 2.32 bits per heavy atom. The van der Waals surface area contributed by atoms with Gasteiger partial charge in [-0.05, 0) is 92.3 Å². The van der Waals surface area contributed by atoms with Crippen molar-refractivity contribution in [1.82, 2.24) is 0 Å². The van der Waals surface area contributed by atoms with Gasteiger partial charge in [0.2, 0.25) is 0 Å². The van der Waals surface area contributed by atoms with Crippen LogP contribution in [0, 0.1) is 34.5 Å². The van der Waals surface area contributed by atoms with Crippen molar-refractivity contribution in [2.45, 2.75) is 83.8 Å². The Kier molecular flexibility index (Phi) is 4.45. The fourth-order valence-corrected chi connectivity index (χ4v) is 8.20. The minimum atomic E-state index is -4.43. The van der Waals surface area contributed by atoms with Crippen LogP contribution in [-0.2, 0) is 9.09 Å². The fraction of sp³-hybridized carbons (Fsp3) is 1.00. The lowest BCUT2D eigenvalue weighted by Gasteiger charge is -2.60. The van der Waals surface area contributed by atoms with Crippen LogP contribution >= 0.6 is 7.82 Å². The molecule has 0 unspecified atom stereocenters. The van der Waals surface area contributed by atoms with E-state index in [9.17, 15) is 19.5 Å². The van der Waals surface area contributed by atoms with Crippen molar-refractivity contribution in [3.8, 4) is 0 Å². The van der Waals surface area contributed by atoms with Crippen LogP contribution in [0.25, 0.3) is 0 Å².